The number of piperazine rings is 1. The maximum atomic E-state index is 4.32. The Morgan fingerprint density at radius 1 is 0.548 bits per heavy atom. The first-order chi connectivity index (χ1) is 15.4. The molecule has 154 valence electrons. The van der Waals surface area contributed by atoms with Crippen LogP contribution >= 0.6 is 0 Å². The van der Waals surface area contributed by atoms with Crippen LogP contribution in [0.3, 0.4) is 0 Å². The van der Waals surface area contributed by atoms with Crippen LogP contribution in [0, 0.1) is 0 Å². The Kier molecular flexibility index (Phi) is 5.51. The fourth-order valence-corrected chi connectivity index (χ4v) is 4.93. The van der Waals surface area contributed by atoms with Crippen molar-refractivity contribution >= 4 is 5.69 Å². The van der Waals surface area contributed by atoms with Gasteiger partial charge in [-0.3, -0.25) is 9.88 Å². The van der Waals surface area contributed by atoms with E-state index in [0.717, 1.165) is 26.2 Å². The number of pyridine rings is 1. The van der Waals surface area contributed by atoms with E-state index < -0.39 is 0 Å². The Morgan fingerprint density at radius 3 is 1.45 bits per heavy atom. The van der Waals surface area contributed by atoms with E-state index in [0.29, 0.717) is 0 Å². The highest BCUT2D eigenvalue weighted by molar-refractivity contribution is 5.51. The molecule has 3 aromatic carbocycles. The number of hydrogen-bond acceptors (Lipinski definition) is 3. The molecule has 0 bridgehead atoms. The summed E-state index contributed by atoms with van der Waals surface area (Å²) in [5.41, 5.74) is 4.80. The smallest absolute Gasteiger partial charge is 0.0974 e. The van der Waals surface area contributed by atoms with Gasteiger partial charge in [0.1, 0.15) is 0 Å². The van der Waals surface area contributed by atoms with Gasteiger partial charge in [0.2, 0.25) is 0 Å². The molecule has 3 heteroatoms. The first-order valence-electron chi connectivity index (χ1n) is 11.0. The second-order valence-corrected chi connectivity index (χ2v) is 7.99. The molecule has 4 aromatic rings. The van der Waals surface area contributed by atoms with E-state index in [4.69, 9.17) is 0 Å². The Balaban J connectivity index is 1.61. The second kappa shape index (κ2) is 8.75. The average Bonchev–Trinajstić information content (AvgIpc) is 2.88. The van der Waals surface area contributed by atoms with E-state index >= 15 is 0 Å². The number of benzene rings is 3. The zero-order chi connectivity index (χ0) is 20.9. The normalized spacial score (nSPS) is 15.0. The Hall–Kier alpha value is -3.43. The third-order valence-electron chi connectivity index (χ3n) is 6.34. The number of rotatable bonds is 5. The minimum atomic E-state index is -0.329. The maximum Gasteiger partial charge on any atom is 0.0974 e. The molecule has 0 N–H and O–H groups in total. The minimum Gasteiger partial charge on any atom is -0.368 e. The van der Waals surface area contributed by atoms with E-state index in [1.54, 1.807) is 0 Å². The van der Waals surface area contributed by atoms with Gasteiger partial charge in [-0.05, 0) is 28.8 Å². The van der Waals surface area contributed by atoms with Crippen molar-refractivity contribution in [2.24, 2.45) is 0 Å². The molecule has 3 nitrogen and oxygen atoms in total. The number of hydrogen-bond donors (Lipinski definition) is 0. The van der Waals surface area contributed by atoms with Crippen molar-refractivity contribution in [3.63, 3.8) is 0 Å². The molecular weight excluding hydrogens is 378 g/mol. The zero-order valence-electron chi connectivity index (χ0n) is 17.6. The van der Waals surface area contributed by atoms with E-state index in [1.165, 1.54) is 22.4 Å². The highest BCUT2D eigenvalue weighted by Crippen LogP contribution is 2.42. The van der Waals surface area contributed by atoms with Gasteiger partial charge in [-0.2, -0.15) is 0 Å². The predicted molar refractivity (Wildman–Crippen MR) is 127 cm³/mol. The molecule has 31 heavy (non-hydrogen) atoms. The summed E-state index contributed by atoms with van der Waals surface area (Å²) in [5.74, 6) is 0. The summed E-state index contributed by atoms with van der Waals surface area (Å²) in [5, 5.41) is 0. The molecule has 5 rings (SSSR count). The van der Waals surface area contributed by atoms with E-state index in [9.17, 15) is 0 Å². The standard InChI is InChI=1S/C28H27N3/c1-4-11-24(12-5-1)28(25-13-6-2-7-14-25,26-15-8-3-9-16-26)31-21-19-30(20-22-31)27-17-10-18-29-23-27/h1-18,23H,19-22H2. The van der Waals surface area contributed by atoms with Crippen molar-refractivity contribution in [2.45, 2.75) is 5.54 Å². The van der Waals surface area contributed by atoms with Crippen molar-refractivity contribution in [1.29, 1.82) is 0 Å². The van der Waals surface area contributed by atoms with Crippen LogP contribution in [0.1, 0.15) is 16.7 Å². The minimum absolute atomic E-state index is 0.329. The SMILES string of the molecule is c1ccc(C(c2ccccc2)(c2ccccc2)N2CCN(c3cccnc3)CC2)cc1. The lowest BCUT2D eigenvalue weighted by Crippen LogP contribution is -2.56. The summed E-state index contributed by atoms with van der Waals surface area (Å²) in [7, 11) is 0. The average molecular weight is 406 g/mol. The molecule has 0 radical (unpaired) electrons. The lowest BCUT2D eigenvalue weighted by Gasteiger charge is -2.49. The number of aromatic nitrogens is 1. The topological polar surface area (TPSA) is 19.4 Å². The van der Waals surface area contributed by atoms with Gasteiger partial charge in [-0.25, -0.2) is 0 Å². The van der Waals surface area contributed by atoms with Crippen LogP contribution in [-0.2, 0) is 5.54 Å². The summed E-state index contributed by atoms with van der Waals surface area (Å²) >= 11 is 0. The van der Waals surface area contributed by atoms with Gasteiger partial charge in [0, 0.05) is 32.4 Å². The molecule has 2 heterocycles. The quantitative estimate of drug-likeness (QED) is 0.426. The van der Waals surface area contributed by atoms with Crippen LogP contribution in [-0.4, -0.2) is 36.1 Å². The van der Waals surface area contributed by atoms with Crippen molar-refractivity contribution in [3.05, 3.63) is 132 Å². The molecular formula is C28H27N3. The Bertz CT molecular complexity index is 978. The summed E-state index contributed by atoms with van der Waals surface area (Å²) in [4.78, 5) is 9.41. The van der Waals surface area contributed by atoms with Crippen molar-refractivity contribution in [3.8, 4) is 0 Å². The monoisotopic (exact) mass is 405 g/mol. The fourth-order valence-electron chi connectivity index (χ4n) is 4.93. The second-order valence-electron chi connectivity index (χ2n) is 7.99. The first-order valence-corrected chi connectivity index (χ1v) is 11.0. The van der Waals surface area contributed by atoms with Gasteiger partial charge in [-0.1, -0.05) is 91.0 Å². The van der Waals surface area contributed by atoms with Gasteiger partial charge in [-0.15, -0.1) is 0 Å². The van der Waals surface area contributed by atoms with Gasteiger partial charge in [0.25, 0.3) is 0 Å². The first kappa shape index (κ1) is 19.5. The van der Waals surface area contributed by atoms with Crippen LogP contribution < -0.4 is 4.90 Å². The largest absolute Gasteiger partial charge is 0.368 e. The molecule has 0 amide bonds. The third kappa shape index (κ3) is 3.62. The van der Waals surface area contributed by atoms with Crippen LogP contribution in [0.5, 0.6) is 0 Å². The molecule has 0 unspecified atom stereocenters. The highest BCUT2D eigenvalue weighted by Gasteiger charge is 2.43. The summed E-state index contributed by atoms with van der Waals surface area (Å²) in [6.07, 6.45) is 3.81. The molecule has 0 spiro atoms. The lowest BCUT2D eigenvalue weighted by atomic mass is 9.75. The molecule has 1 saturated heterocycles. The summed E-state index contributed by atoms with van der Waals surface area (Å²) < 4.78 is 0. The summed E-state index contributed by atoms with van der Waals surface area (Å²) in [6, 6.07) is 37.0. The van der Waals surface area contributed by atoms with Gasteiger partial charge >= 0.3 is 0 Å². The number of anilines is 1. The molecule has 1 aliphatic rings. The molecule has 0 saturated carbocycles. The van der Waals surface area contributed by atoms with Gasteiger partial charge in [0.05, 0.1) is 17.4 Å². The fraction of sp³-hybridized carbons (Fsp3) is 0.179. The number of nitrogens with zero attached hydrogens (tertiary/aromatic N) is 3. The Labute approximate surface area is 184 Å². The highest BCUT2D eigenvalue weighted by atomic mass is 15.3. The maximum absolute atomic E-state index is 4.32. The third-order valence-corrected chi connectivity index (χ3v) is 6.34. The van der Waals surface area contributed by atoms with Crippen molar-refractivity contribution < 1.29 is 0 Å². The van der Waals surface area contributed by atoms with E-state index in [2.05, 4.69) is 112 Å². The van der Waals surface area contributed by atoms with Crippen molar-refractivity contribution in [1.82, 2.24) is 9.88 Å². The van der Waals surface area contributed by atoms with Crippen LogP contribution in [0.4, 0.5) is 5.69 Å². The molecule has 1 aromatic heterocycles. The predicted octanol–water partition coefficient (Wildman–Crippen LogP) is 5.20. The van der Waals surface area contributed by atoms with Crippen LogP contribution in [0.2, 0.25) is 0 Å². The van der Waals surface area contributed by atoms with Gasteiger partial charge < -0.3 is 4.90 Å². The van der Waals surface area contributed by atoms with Crippen LogP contribution in [0.25, 0.3) is 0 Å². The van der Waals surface area contributed by atoms with E-state index in [1.807, 2.05) is 18.5 Å². The summed E-state index contributed by atoms with van der Waals surface area (Å²) in [6.45, 7) is 3.88. The molecule has 1 aliphatic heterocycles. The Morgan fingerprint density at radius 2 is 1.03 bits per heavy atom. The van der Waals surface area contributed by atoms with Gasteiger partial charge in [0.15, 0.2) is 0 Å². The zero-order valence-corrected chi connectivity index (χ0v) is 17.6. The van der Waals surface area contributed by atoms with E-state index in [-0.39, 0.29) is 5.54 Å². The molecule has 0 atom stereocenters. The molecule has 1 fully saturated rings. The lowest BCUT2D eigenvalue weighted by molar-refractivity contribution is 0.147. The van der Waals surface area contributed by atoms with Crippen molar-refractivity contribution in [2.75, 3.05) is 31.1 Å². The van der Waals surface area contributed by atoms with Crippen LogP contribution in [0.15, 0.2) is 116 Å². The molecule has 0 aliphatic carbocycles.